The highest BCUT2D eigenvalue weighted by Crippen LogP contribution is 2.48. The van der Waals surface area contributed by atoms with Crippen LogP contribution in [-0.2, 0) is 4.74 Å². The fraction of sp³-hybridized carbons (Fsp3) is 0.500. The topological polar surface area (TPSA) is 35.2 Å². The second-order valence-electron chi connectivity index (χ2n) is 5.52. The van der Waals surface area contributed by atoms with Crippen molar-refractivity contribution in [2.45, 2.75) is 24.5 Å². The van der Waals surface area contributed by atoms with Crippen molar-refractivity contribution in [2.24, 2.45) is 11.1 Å². The lowest BCUT2D eigenvalue weighted by Gasteiger charge is -2.40. The van der Waals surface area contributed by atoms with Crippen molar-refractivity contribution in [3.63, 3.8) is 0 Å². The van der Waals surface area contributed by atoms with Crippen LogP contribution in [0.3, 0.4) is 0 Å². The molecule has 19 heavy (non-hydrogen) atoms. The molecule has 0 bridgehead atoms. The molecule has 2 nitrogen and oxygen atoms in total. The predicted molar refractivity (Wildman–Crippen MR) is 82.0 cm³/mol. The molecular formula is C16H21NOS. The normalized spacial score (nSPS) is 26.2. The highest BCUT2D eigenvalue weighted by Gasteiger charge is 2.41. The van der Waals surface area contributed by atoms with E-state index in [4.69, 9.17) is 10.5 Å². The quantitative estimate of drug-likeness (QED) is 0.919. The molecule has 3 heteroatoms. The first-order valence-corrected chi connectivity index (χ1v) is 7.96. The zero-order chi connectivity index (χ0) is 13.1. The summed E-state index contributed by atoms with van der Waals surface area (Å²) < 4.78 is 5.52. The van der Waals surface area contributed by atoms with Crippen molar-refractivity contribution < 1.29 is 4.74 Å². The van der Waals surface area contributed by atoms with Gasteiger partial charge in [0.05, 0.1) is 0 Å². The SMILES string of the molecule is NCC1(C2CC(c3ccccc3)=CS2)CCOCC1. The van der Waals surface area contributed by atoms with Gasteiger partial charge in [-0.1, -0.05) is 30.3 Å². The molecule has 0 radical (unpaired) electrons. The first-order valence-electron chi connectivity index (χ1n) is 7.02. The molecule has 2 N–H and O–H groups in total. The highest BCUT2D eigenvalue weighted by molar-refractivity contribution is 8.03. The van der Waals surface area contributed by atoms with E-state index in [1.165, 1.54) is 11.1 Å². The van der Waals surface area contributed by atoms with Gasteiger partial charge in [-0.25, -0.2) is 0 Å². The van der Waals surface area contributed by atoms with E-state index in [1.54, 1.807) is 0 Å². The molecule has 0 spiro atoms. The fourth-order valence-corrected chi connectivity index (χ4v) is 4.55. The molecule has 3 rings (SSSR count). The third kappa shape index (κ3) is 2.60. The summed E-state index contributed by atoms with van der Waals surface area (Å²) in [5, 5.41) is 2.96. The summed E-state index contributed by atoms with van der Waals surface area (Å²) in [4.78, 5) is 0. The number of thioether (sulfide) groups is 1. The zero-order valence-corrected chi connectivity index (χ0v) is 12.0. The first kappa shape index (κ1) is 13.2. The number of allylic oxidation sites excluding steroid dienone is 1. The molecule has 0 aromatic heterocycles. The molecule has 1 atom stereocenters. The van der Waals surface area contributed by atoms with Gasteiger partial charge in [0.25, 0.3) is 0 Å². The maximum Gasteiger partial charge on any atom is 0.0472 e. The van der Waals surface area contributed by atoms with Crippen LogP contribution >= 0.6 is 11.8 Å². The molecule has 0 amide bonds. The van der Waals surface area contributed by atoms with E-state index in [0.29, 0.717) is 5.25 Å². The summed E-state index contributed by atoms with van der Waals surface area (Å²) in [6.45, 7) is 2.52. The number of benzene rings is 1. The second kappa shape index (κ2) is 5.70. The van der Waals surface area contributed by atoms with Gasteiger partial charge >= 0.3 is 0 Å². The highest BCUT2D eigenvalue weighted by atomic mass is 32.2. The van der Waals surface area contributed by atoms with Gasteiger partial charge < -0.3 is 10.5 Å². The molecule has 1 saturated heterocycles. The molecule has 0 aliphatic carbocycles. The Kier molecular flexibility index (Phi) is 3.96. The van der Waals surface area contributed by atoms with Crippen molar-refractivity contribution in [1.82, 2.24) is 0 Å². The molecule has 2 aliphatic heterocycles. The summed E-state index contributed by atoms with van der Waals surface area (Å²) in [7, 11) is 0. The minimum atomic E-state index is 0.274. The van der Waals surface area contributed by atoms with Crippen LogP contribution < -0.4 is 5.73 Å². The number of nitrogens with two attached hydrogens (primary N) is 1. The van der Waals surface area contributed by atoms with Crippen LogP contribution in [0.4, 0.5) is 0 Å². The molecule has 2 aliphatic rings. The fourth-order valence-electron chi connectivity index (χ4n) is 3.09. The lowest BCUT2D eigenvalue weighted by Crippen LogP contribution is -2.43. The van der Waals surface area contributed by atoms with Crippen molar-refractivity contribution >= 4 is 17.3 Å². The monoisotopic (exact) mass is 275 g/mol. The van der Waals surface area contributed by atoms with E-state index >= 15 is 0 Å². The molecule has 1 unspecified atom stereocenters. The van der Waals surface area contributed by atoms with Crippen molar-refractivity contribution in [3.05, 3.63) is 41.3 Å². The third-order valence-electron chi connectivity index (χ3n) is 4.50. The lowest BCUT2D eigenvalue weighted by atomic mass is 9.75. The van der Waals surface area contributed by atoms with Crippen molar-refractivity contribution in [3.8, 4) is 0 Å². The molecule has 2 heterocycles. The van der Waals surface area contributed by atoms with E-state index in [1.807, 2.05) is 11.8 Å². The van der Waals surface area contributed by atoms with E-state index in [9.17, 15) is 0 Å². The number of ether oxygens (including phenoxy) is 1. The van der Waals surface area contributed by atoms with E-state index < -0.39 is 0 Å². The van der Waals surface area contributed by atoms with Crippen molar-refractivity contribution in [1.29, 1.82) is 0 Å². The van der Waals surface area contributed by atoms with Crippen LogP contribution in [0.25, 0.3) is 5.57 Å². The van der Waals surface area contributed by atoms with Crippen molar-refractivity contribution in [2.75, 3.05) is 19.8 Å². The maximum atomic E-state index is 6.11. The minimum Gasteiger partial charge on any atom is -0.381 e. The number of rotatable bonds is 3. The Morgan fingerprint density at radius 3 is 2.63 bits per heavy atom. The number of hydrogen-bond donors (Lipinski definition) is 1. The lowest BCUT2D eigenvalue weighted by molar-refractivity contribution is 0.0187. The molecule has 102 valence electrons. The van der Waals surface area contributed by atoms with E-state index in [2.05, 4.69) is 35.7 Å². The van der Waals surface area contributed by atoms with Gasteiger partial charge in [-0.3, -0.25) is 0 Å². The summed E-state index contributed by atoms with van der Waals surface area (Å²) in [5.41, 5.74) is 9.21. The Hall–Kier alpha value is -0.770. The summed E-state index contributed by atoms with van der Waals surface area (Å²) >= 11 is 1.98. The average molecular weight is 275 g/mol. The van der Waals surface area contributed by atoms with Gasteiger partial charge in [0, 0.05) is 18.5 Å². The van der Waals surface area contributed by atoms with Crippen LogP contribution in [0.2, 0.25) is 0 Å². The maximum absolute atomic E-state index is 6.11. The van der Waals surface area contributed by atoms with Crippen LogP contribution in [0.1, 0.15) is 24.8 Å². The van der Waals surface area contributed by atoms with Gasteiger partial charge in [0.1, 0.15) is 0 Å². The summed E-state index contributed by atoms with van der Waals surface area (Å²) in [6, 6.07) is 10.7. The first-order chi connectivity index (χ1) is 9.34. The van der Waals surface area contributed by atoms with E-state index in [0.717, 1.165) is 39.0 Å². The summed E-state index contributed by atoms with van der Waals surface area (Å²) in [5.74, 6) is 0. The molecule has 1 aromatic rings. The molecule has 1 fully saturated rings. The smallest absolute Gasteiger partial charge is 0.0472 e. The van der Waals surface area contributed by atoms with Crippen LogP contribution in [-0.4, -0.2) is 25.0 Å². The Morgan fingerprint density at radius 1 is 1.21 bits per heavy atom. The minimum absolute atomic E-state index is 0.274. The molecule has 0 saturated carbocycles. The Morgan fingerprint density at radius 2 is 1.95 bits per heavy atom. The third-order valence-corrected chi connectivity index (χ3v) is 5.92. The van der Waals surface area contributed by atoms with Gasteiger partial charge in [0.2, 0.25) is 0 Å². The second-order valence-corrected chi connectivity index (χ2v) is 6.59. The standard InChI is InChI=1S/C16H21NOS/c17-12-16(6-8-18-9-7-16)15-10-14(11-19-15)13-4-2-1-3-5-13/h1-5,11,15H,6-10,12,17H2. The zero-order valence-electron chi connectivity index (χ0n) is 11.2. The Balaban J connectivity index is 1.73. The van der Waals surface area contributed by atoms with Gasteiger partial charge in [0.15, 0.2) is 0 Å². The van der Waals surface area contributed by atoms with Gasteiger partial charge in [-0.2, -0.15) is 0 Å². The molecule has 1 aromatic carbocycles. The summed E-state index contributed by atoms with van der Waals surface area (Å²) in [6.07, 6.45) is 3.36. The van der Waals surface area contributed by atoms with Crippen LogP contribution in [0, 0.1) is 5.41 Å². The van der Waals surface area contributed by atoms with Crippen LogP contribution in [0.5, 0.6) is 0 Å². The number of hydrogen-bond acceptors (Lipinski definition) is 3. The predicted octanol–water partition coefficient (Wildman–Crippen LogP) is 3.29. The molecular weight excluding hydrogens is 254 g/mol. The Labute approximate surface area is 119 Å². The van der Waals surface area contributed by atoms with Gasteiger partial charge in [-0.15, -0.1) is 11.8 Å². The van der Waals surface area contributed by atoms with Gasteiger partial charge in [-0.05, 0) is 47.8 Å². The van der Waals surface area contributed by atoms with Crippen LogP contribution in [0.15, 0.2) is 35.7 Å². The average Bonchev–Trinajstić information content (AvgIpc) is 2.99. The van der Waals surface area contributed by atoms with E-state index in [-0.39, 0.29) is 5.41 Å². The largest absolute Gasteiger partial charge is 0.381 e. The Bertz CT molecular complexity index is 451.